The maximum absolute atomic E-state index is 12.4. The average molecular weight is 311 g/mol. The normalized spacial score (nSPS) is 13.8. The Morgan fingerprint density at radius 2 is 1.82 bits per heavy atom. The van der Waals surface area contributed by atoms with Crippen LogP contribution in [0.4, 0.5) is 0 Å². The fourth-order valence-corrected chi connectivity index (χ4v) is 3.60. The number of nitrogens with zero attached hydrogens (tertiary/aromatic N) is 1. The van der Waals surface area contributed by atoms with Crippen LogP contribution in [0.15, 0.2) is 53.4 Å². The molecule has 0 saturated carbocycles. The van der Waals surface area contributed by atoms with Gasteiger partial charge in [-0.3, -0.25) is 4.79 Å². The summed E-state index contributed by atoms with van der Waals surface area (Å²) >= 11 is 1.76. The van der Waals surface area contributed by atoms with Crippen LogP contribution in [0, 0.1) is 6.92 Å². The monoisotopic (exact) mass is 311 g/mol. The van der Waals surface area contributed by atoms with Crippen LogP contribution in [0.25, 0.3) is 0 Å². The van der Waals surface area contributed by atoms with Crippen LogP contribution in [0.2, 0.25) is 0 Å². The molecule has 0 bridgehead atoms. The summed E-state index contributed by atoms with van der Waals surface area (Å²) in [5.41, 5.74) is 3.96. The van der Waals surface area contributed by atoms with Crippen LogP contribution >= 0.6 is 11.8 Å². The molecule has 0 atom stereocenters. The zero-order chi connectivity index (χ0) is 15.4. The number of hydrogen-bond donors (Lipinski definition) is 0. The third kappa shape index (κ3) is 3.72. The summed E-state index contributed by atoms with van der Waals surface area (Å²) in [6, 6.07) is 16.9. The van der Waals surface area contributed by atoms with Gasteiger partial charge in [0, 0.05) is 30.2 Å². The third-order valence-corrected chi connectivity index (χ3v) is 5.10. The highest BCUT2D eigenvalue weighted by Gasteiger charge is 2.19. The van der Waals surface area contributed by atoms with Crippen molar-refractivity contribution in [2.75, 3.05) is 12.3 Å². The zero-order valence-electron chi connectivity index (χ0n) is 12.9. The van der Waals surface area contributed by atoms with Crippen molar-refractivity contribution in [3.8, 4) is 0 Å². The Kier molecular flexibility index (Phi) is 4.84. The molecule has 1 amide bonds. The highest BCUT2D eigenvalue weighted by atomic mass is 32.2. The van der Waals surface area contributed by atoms with E-state index in [4.69, 9.17) is 0 Å². The quantitative estimate of drug-likeness (QED) is 0.794. The van der Waals surface area contributed by atoms with Crippen molar-refractivity contribution in [3.63, 3.8) is 0 Å². The van der Waals surface area contributed by atoms with Crippen LogP contribution in [-0.2, 0) is 17.8 Å². The molecule has 0 fully saturated rings. The van der Waals surface area contributed by atoms with E-state index in [1.807, 2.05) is 4.90 Å². The topological polar surface area (TPSA) is 20.3 Å². The Labute approximate surface area is 136 Å². The van der Waals surface area contributed by atoms with E-state index in [9.17, 15) is 4.79 Å². The first kappa shape index (κ1) is 15.2. The Hall–Kier alpha value is -1.74. The number of carbonyl (C=O) groups excluding carboxylic acids is 1. The van der Waals surface area contributed by atoms with Crippen molar-refractivity contribution >= 4 is 17.7 Å². The highest BCUT2D eigenvalue weighted by molar-refractivity contribution is 7.99. The molecule has 1 heterocycles. The van der Waals surface area contributed by atoms with E-state index < -0.39 is 0 Å². The van der Waals surface area contributed by atoms with Gasteiger partial charge in [-0.1, -0.05) is 42.0 Å². The van der Waals surface area contributed by atoms with Crippen molar-refractivity contribution in [1.82, 2.24) is 4.90 Å². The minimum atomic E-state index is 0.272. The van der Waals surface area contributed by atoms with Crippen molar-refractivity contribution in [2.45, 2.75) is 31.2 Å². The molecule has 0 aromatic heterocycles. The number of rotatable bonds is 4. The van der Waals surface area contributed by atoms with Gasteiger partial charge >= 0.3 is 0 Å². The van der Waals surface area contributed by atoms with Gasteiger partial charge in [0.15, 0.2) is 0 Å². The number of carbonyl (C=O) groups is 1. The van der Waals surface area contributed by atoms with Gasteiger partial charge in [0.2, 0.25) is 5.91 Å². The van der Waals surface area contributed by atoms with Crippen LogP contribution in [0.5, 0.6) is 0 Å². The van der Waals surface area contributed by atoms with E-state index in [0.717, 1.165) is 25.3 Å². The molecule has 0 N–H and O–H groups in total. The van der Waals surface area contributed by atoms with E-state index in [1.54, 1.807) is 11.8 Å². The minimum absolute atomic E-state index is 0.272. The fraction of sp³-hybridized carbons (Fsp3) is 0.316. The summed E-state index contributed by atoms with van der Waals surface area (Å²) in [5, 5.41) is 0. The standard InChI is InChI=1S/C19H21NOS/c1-15-6-8-18(9-7-15)22-13-11-19(21)20-12-10-16-4-2-3-5-17(16)14-20/h2-9H,10-14H2,1H3. The molecule has 0 radical (unpaired) electrons. The molecule has 1 aliphatic heterocycles. The first-order valence-corrected chi connectivity index (χ1v) is 8.75. The minimum Gasteiger partial charge on any atom is -0.338 e. The Morgan fingerprint density at radius 3 is 2.59 bits per heavy atom. The Morgan fingerprint density at radius 1 is 1.09 bits per heavy atom. The van der Waals surface area contributed by atoms with E-state index in [-0.39, 0.29) is 5.91 Å². The molecule has 2 aromatic carbocycles. The molecule has 0 spiro atoms. The molecule has 22 heavy (non-hydrogen) atoms. The summed E-state index contributed by atoms with van der Waals surface area (Å²) in [6.45, 7) is 3.71. The Bertz CT molecular complexity index is 651. The van der Waals surface area contributed by atoms with Crippen LogP contribution in [-0.4, -0.2) is 23.1 Å². The van der Waals surface area contributed by atoms with E-state index in [0.29, 0.717) is 6.42 Å². The van der Waals surface area contributed by atoms with Crippen LogP contribution in [0.1, 0.15) is 23.1 Å². The number of amides is 1. The number of benzene rings is 2. The largest absolute Gasteiger partial charge is 0.338 e. The van der Waals surface area contributed by atoms with Gasteiger partial charge in [0.1, 0.15) is 0 Å². The van der Waals surface area contributed by atoms with Gasteiger partial charge in [-0.25, -0.2) is 0 Å². The molecule has 0 aliphatic carbocycles. The number of thioether (sulfide) groups is 1. The second kappa shape index (κ2) is 7.01. The molecule has 114 valence electrons. The fourth-order valence-electron chi connectivity index (χ4n) is 2.76. The zero-order valence-corrected chi connectivity index (χ0v) is 13.7. The van der Waals surface area contributed by atoms with E-state index >= 15 is 0 Å². The van der Waals surface area contributed by atoms with Crippen molar-refractivity contribution < 1.29 is 4.79 Å². The lowest BCUT2D eigenvalue weighted by Gasteiger charge is -2.28. The number of hydrogen-bond acceptors (Lipinski definition) is 2. The highest BCUT2D eigenvalue weighted by Crippen LogP contribution is 2.22. The van der Waals surface area contributed by atoms with Crippen molar-refractivity contribution in [1.29, 1.82) is 0 Å². The molecule has 0 unspecified atom stereocenters. The lowest BCUT2D eigenvalue weighted by Crippen LogP contribution is -2.36. The molecule has 1 aliphatic rings. The van der Waals surface area contributed by atoms with E-state index in [1.165, 1.54) is 21.6 Å². The predicted molar refractivity (Wildman–Crippen MR) is 92.1 cm³/mol. The number of fused-ring (bicyclic) bond motifs is 1. The second-order valence-corrected chi connectivity index (χ2v) is 6.91. The SMILES string of the molecule is Cc1ccc(SCCC(=O)N2CCc3ccccc3C2)cc1. The maximum atomic E-state index is 12.4. The third-order valence-electron chi connectivity index (χ3n) is 4.09. The molecule has 0 saturated heterocycles. The van der Waals surface area contributed by atoms with Gasteiger partial charge in [0.05, 0.1) is 0 Å². The summed E-state index contributed by atoms with van der Waals surface area (Å²) in [7, 11) is 0. The lowest BCUT2D eigenvalue weighted by atomic mass is 10.00. The summed E-state index contributed by atoms with van der Waals surface area (Å²) in [4.78, 5) is 15.6. The Balaban J connectivity index is 1.50. The summed E-state index contributed by atoms with van der Waals surface area (Å²) < 4.78 is 0. The smallest absolute Gasteiger partial charge is 0.223 e. The second-order valence-electron chi connectivity index (χ2n) is 5.75. The van der Waals surface area contributed by atoms with Gasteiger partial charge in [-0.15, -0.1) is 11.8 Å². The molecule has 3 heteroatoms. The van der Waals surface area contributed by atoms with Gasteiger partial charge in [-0.2, -0.15) is 0 Å². The molecular weight excluding hydrogens is 290 g/mol. The molecule has 2 nitrogen and oxygen atoms in total. The summed E-state index contributed by atoms with van der Waals surface area (Å²) in [6.07, 6.45) is 1.59. The predicted octanol–water partition coefficient (Wildman–Crippen LogP) is 4.06. The van der Waals surface area contributed by atoms with Crippen LogP contribution < -0.4 is 0 Å². The van der Waals surface area contributed by atoms with E-state index in [2.05, 4.69) is 55.5 Å². The van der Waals surface area contributed by atoms with Crippen LogP contribution in [0.3, 0.4) is 0 Å². The van der Waals surface area contributed by atoms with Gasteiger partial charge in [-0.05, 0) is 36.6 Å². The summed E-state index contributed by atoms with van der Waals surface area (Å²) in [5.74, 6) is 1.12. The van der Waals surface area contributed by atoms with Crippen molar-refractivity contribution in [2.24, 2.45) is 0 Å². The first-order chi connectivity index (χ1) is 10.7. The molecule has 3 rings (SSSR count). The molecular formula is C19H21NOS. The van der Waals surface area contributed by atoms with Crippen molar-refractivity contribution in [3.05, 3.63) is 65.2 Å². The number of aryl methyl sites for hydroxylation is 1. The van der Waals surface area contributed by atoms with Gasteiger partial charge < -0.3 is 4.90 Å². The van der Waals surface area contributed by atoms with Gasteiger partial charge in [0.25, 0.3) is 0 Å². The first-order valence-electron chi connectivity index (χ1n) is 7.76. The lowest BCUT2D eigenvalue weighted by molar-refractivity contribution is -0.131. The average Bonchev–Trinajstić information content (AvgIpc) is 2.56. The maximum Gasteiger partial charge on any atom is 0.223 e. The molecule has 2 aromatic rings.